The maximum absolute atomic E-state index is 10.6. The van der Waals surface area contributed by atoms with Crippen molar-refractivity contribution in [2.75, 3.05) is 12.5 Å². The Bertz CT molecular complexity index is 770. The molecule has 0 fully saturated rings. The molecule has 2 aromatic rings. The molecule has 0 spiro atoms. The molecular formula is C17H17N3O4. The van der Waals surface area contributed by atoms with Gasteiger partial charge < -0.3 is 9.84 Å². The Morgan fingerprint density at radius 3 is 2.67 bits per heavy atom. The third kappa shape index (κ3) is 4.10. The van der Waals surface area contributed by atoms with Gasteiger partial charge in [-0.1, -0.05) is 6.08 Å². The first kappa shape index (κ1) is 17.0. The molecule has 0 aliphatic rings. The van der Waals surface area contributed by atoms with Crippen LogP contribution in [0.5, 0.6) is 11.5 Å². The molecule has 0 bridgehead atoms. The molecular weight excluding hydrogens is 310 g/mol. The van der Waals surface area contributed by atoms with E-state index in [2.05, 4.69) is 17.1 Å². The number of hydrazone groups is 1. The van der Waals surface area contributed by atoms with Crippen molar-refractivity contribution in [1.29, 1.82) is 0 Å². The molecule has 0 aliphatic heterocycles. The number of non-ortho nitro benzene ring substituents is 1. The first-order valence-electron chi connectivity index (χ1n) is 7.09. The molecule has 124 valence electrons. The second kappa shape index (κ2) is 7.77. The number of rotatable bonds is 7. The number of methoxy groups -OCH3 is 1. The van der Waals surface area contributed by atoms with Crippen LogP contribution in [-0.2, 0) is 6.42 Å². The van der Waals surface area contributed by atoms with E-state index < -0.39 is 4.92 Å². The highest BCUT2D eigenvalue weighted by Gasteiger charge is 2.09. The summed E-state index contributed by atoms with van der Waals surface area (Å²) in [5, 5.41) is 24.7. The minimum absolute atomic E-state index is 0.0156. The van der Waals surface area contributed by atoms with Gasteiger partial charge in [-0.3, -0.25) is 15.5 Å². The van der Waals surface area contributed by atoms with E-state index in [1.807, 2.05) is 0 Å². The van der Waals surface area contributed by atoms with Crippen LogP contribution in [0.4, 0.5) is 11.4 Å². The molecule has 2 rings (SSSR count). The Balaban J connectivity index is 2.14. The van der Waals surface area contributed by atoms with Gasteiger partial charge in [-0.2, -0.15) is 5.10 Å². The van der Waals surface area contributed by atoms with Crippen LogP contribution < -0.4 is 10.2 Å². The van der Waals surface area contributed by atoms with Crippen molar-refractivity contribution in [2.45, 2.75) is 6.42 Å². The summed E-state index contributed by atoms with van der Waals surface area (Å²) >= 11 is 0. The van der Waals surface area contributed by atoms with Gasteiger partial charge in [0, 0.05) is 17.7 Å². The van der Waals surface area contributed by atoms with E-state index in [1.165, 1.54) is 19.2 Å². The molecule has 7 heteroatoms. The number of nitro groups is 1. The minimum atomic E-state index is -0.461. The normalized spacial score (nSPS) is 10.5. The number of hydrogen-bond donors (Lipinski definition) is 2. The average Bonchev–Trinajstić information content (AvgIpc) is 2.58. The molecule has 7 nitrogen and oxygen atoms in total. The lowest BCUT2D eigenvalue weighted by Gasteiger charge is -2.09. The highest BCUT2D eigenvalue weighted by molar-refractivity contribution is 5.82. The number of nitrogens with zero attached hydrogens (tertiary/aromatic N) is 2. The fourth-order valence-corrected chi connectivity index (χ4v) is 2.07. The Morgan fingerprint density at radius 1 is 1.38 bits per heavy atom. The Hall–Kier alpha value is -3.35. The lowest BCUT2D eigenvalue weighted by atomic mass is 10.1. The van der Waals surface area contributed by atoms with Gasteiger partial charge in [-0.25, -0.2) is 0 Å². The molecule has 0 aliphatic carbocycles. The molecule has 0 saturated heterocycles. The van der Waals surface area contributed by atoms with Crippen molar-refractivity contribution < 1.29 is 14.8 Å². The van der Waals surface area contributed by atoms with Crippen molar-refractivity contribution in [2.24, 2.45) is 5.10 Å². The van der Waals surface area contributed by atoms with E-state index in [4.69, 9.17) is 4.74 Å². The minimum Gasteiger partial charge on any atom is -0.504 e. The van der Waals surface area contributed by atoms with Crippen LogP contribution in [0.2, 0.25) is 0 Å². The standard InChI is InChI=1S/C17H17N3O4/c1-3-4-13-9-12(10-16(24-2)17(13)21)11-18-19-14-5-7-15(8-6-14)20(22)23/h3,5-11,19,21H,1,4H2,2H3/b18-11+. The number of phenols is 1. The topological polar surface area (TPSA) is 97.0 Å². The van der Waals surface area contributed by atoms with E-state index in [0.29, 0.717) is 23.4 Å². The van der Waals surface area contributed by atoms with Gasteiger partial charge in [0.15, 0.2) is 11.5 Å². The molecule has 2 aromatic carbocycles. The van der Waals surface area contributed by atoms with Crippen LogP contribution in [0.3, 0.4) is 0 Å². The fraction of sp³-hybridized carbons (Fsp3) is 0.118. The van der Waals surface area contributed by atoms with Gasteiger partial charge in [0.05, 0.1) is 23.9 Å². The molecule has 0 unspecified atom stereocenters. The van der Waals surface area contributed by atoms with Gasteiger partial charge >= 0.3 is 0 Å². The molecule has 0 heterocycles. The van der Waals surface area contributed by atoms with Crippen LogP contribution in [0.15, 0.2) is 54.2 Å². The van der Waals surface area contributed by atoms with Crippen LogP contribution >= 0.6 is 0 Å². The van der Waals surface area contributed by atoms with E-state index in [9.17, 15) is 15.2 Å². The number of benzene rings is 2. The Morgan fingerprint density at radius 2 is 2.08 bits per heavy atom. The Labute approximate surface area is 139 Å². The number of phenolic OH excluding ortho intramolecular Hbond substituents is 1. The lowest BCUT2D eigenvalue weighted by Crippen LogP contribution is -1.95. The van der Waals surface area contributed by atoms with Crippen LogP contribution in [0.25, 0.3) is 0 Å². The third-order valence-electron chi connectivity index (χ3n) is 3.25. The predicted octanol–water partition coefficient (Wildman–Crippen LogP) is 3.48. The highest BCUT2D eigenvalue weighted by Crippen LogP contribution is 2.31. The maximum atomic E-state index is 10.6. The van der Waals surface area contributed by atoms with Crippen molar-refractivity contribution in [3.63, 3.8) is 0 Å². The van der Waals surface area contributed by atoms with E-state index >= 15 is 0 Å². The molecule has 0 radical (unpaired) electrons. The zero-order valence-electron chi connectivity index (χ0n) is 13.1. The summed E-state index contributed by atoms with van der Waals surface area (Å²) in [6, 6.07) is 9.35. The monoisotopic (exact) mass is 327 g/mol. The van der Waals surface area contributed by atoms with Gasteiger partial charge in [0.25, 0.3) is 5.69 Å². The lowest BCUT2D eigenvalue weighted by molar-refractivity contribution is -0.384. The van der Waals surface area contributed by atoms with Crippen molar-refractivity contribution in [3.8, 4) is 11.5 Å². The smallest absolute Gasteiger partial charge is 0.269 e. The molecule has 0 saturated carbocycles. The first-order valence-corrected chi connectivity index (χ1v) is 7.09. The summed E-state index contributed by atoms with van der Waals surface area (Å²) in [6.07, 6.45) is 3.75. The summed E-state index contributed by atoms with van der Waals surface area (Å²) in [5.74, 6) is 0.434. The van der Waals surface area contributed by atoms with Crippen LogP contribution in [0.1, 0.15) is 11.1 Å². The first-order chi connectivity index (χ1) is 11.5. The number of ether oxygens (including phenoxy) is 1. The third-order valence-corrected chi connectivity index (χ3v) is 3.25. The molecule has 0 atom stereocenters. The number of nitrogens with one attached hydrogen (secondary N) is 1. The molecule has 2 N–H and O–H groups in total. The summed E-state index contributed by atoms with van der Waals surface area (Å²) in [4.78, 5) is 10.1. The van der Waals surface area contributed by atoms with Crippen molar-refractivity contribution >= 4 is 17.6 Å². The van der Waals surface area contributed by atoms with Gasteiger partial charge in [-0.15, -0.1) is 6.58 Å². The van der Waals surface area contributed by atoms with Crippen molar-refractivity contribution in [3.05, 3.63) is 70.3 Å². The number of aromatic hydroxyl groups is 1. The van der Waals surface area contributed by atoms with E-state index in [0.717, 1.165) is 5.56 Å². The Kier molecular flexibility index (Phi) is 5.51. The number of nitro benzene ring substituents is 1. The zero-order chi connectivity index (χ0) is 17.5. The number of allylic oxidation sites excluding steroid dienone is 1. The highest BCUT2D eigenvalue weighted by atomic mass is 16.6. The van der Waals surface area contributed by atoms with Crippen LogP contribution in [-0.4, -0.2) is 23.4 Å². The van der Waals surface area contributed by atoms with E-state index in [1.54, 1.807) is 36.6 Å². The number of hydrogen-bond acceptors (Lipinski definition) is 6. The average molecular weight is 327 g/mol. The summed E-state index contributed by atoms with van der Waals surface area (Å²) in [5.41, 5.74) is 4.84. The summed E-state index contributed by atoms with van der Waals surface area (Å²) < 4.78 is 5.14. The molecule has 0 aromatic heterocycles. The molecule has 24 heavy (non-hydrogen) atoms. The number of anilines is 1. The largest absolute Gasteiger partial charge is 0.504 e. The SMILES string of the molecule is C=CCc1cc(/C=N/Nc2ccc([N+](=O)[O-])cc2)cc(OC)c1O. The van der Waals surface area contributed by atoms with Gasteiger partial charge in [0.2, 0.25) is 0 Å². The summed E-state index contributed by atoms with van der Waals surface area (Å²) in [7, 11) is 1.47. The summed E-state index contributed by atoms with van der Waals surface area (Å²) in [6.45, 7) is 3.66. The second-order valence-corrected chi connectivity index (χ2v) is 4.90. The van der Waals surface area contributed by atoms with E-state index in [-0.39, 0.29) is 11.4 Å². The van der Waals surface area contributed by atoms with Crippen LogP contribution in [0, 0.1) is 10.1 Å². The quantitative estimate of drug-likeness (QED) is 0.351. The molecule has 0 amide bonds. The second-order valence-electron chi connectivity index (χ2n) is 4.90. The van der Waals surface area contributed by atoms with Gasteiger partial charge in [0.1, 0.15) is 0 Å². The predicted molar refractivity (Wildman–Crippen MR) is 92.9 cm³/mol. The zero-order valence-corrected chi connectivity index (χ0v) is 13.1. The van der Waals surface area contributed by atoms with Gasteiger partial charge in [-0.05, 0) is 36.2 Å². The maximum Gasteiger partial charge on any atom is 0.269 e. The fourth-order valence-electron chi connectivity index (χ4n) is 2.07. The van der Waals surface area contributed by atoms with Crippen molar-refractivity contribution in [1.82, 2.24) is 0 Å².